The Labute approximate surface area is 119 Å². The molecule has 1 aromatic carbocycles. The van der Waals surface area contributed by atoms with Crippen molar-refractivity contribution in [3.05, 3.63) is 47.1 Å². The largest absolute Gasteiger partial charge is 0.339 e. The fourth-order valence-corrected chi connectivity index (χ4v) is 2.90. The monoisotopic (exact) mass is 271 g/mol. The summed E-state index contributed by atoms with van der Waals surface area (Å²) in [5, 5.41) is 7.58. The summed E-state index contributed by atoms with van der Waals surface area (Å²) in [4.78, 5) is 4.65. The van der Waals surface area contributed by atoms with Gasteiger partial charge in [0.15, 0.2) is 5.82 Å². The molecule has 1 fully saturated rings. The highest BCUT2D eigenvalue weighted by molar-refractivity contribution is 5.28. The van der Waals surface area contributed by atoms with Gasteiger partial charge in [-0.05, 0) is 37.4 Å². The molecule has 1 aromatic heterocycles. The standard InChI is InChI=1S/C16H21N3O/c1-3-16(8-9-17-11-16)15-18-14(19-20-15)10-13-7-5-4-6-12(13)2/h4-7,17H,3,8-11H2,1-2H3. The van der Waals surface area contributed by atoms with Gasteiger partial charge >= 0.3 is 0 Å². The molecule has 2 aromatic rings. The summed E-state index contributed by atoms with van der Waals surface area (Å²) in [6.07, 6.45) is 2.85. The predicted molar refractivity (Wildman–Crippen MR) is 77.7 cm³/mol. The Bertz CT molecular complexity index is 585. The second-order valence-corrected chi connectivity index (χ2v) is 5.68. The van der Waals surface area contributed by atoms with Crippen molar-refractivity contribution in [3.8, 4) is 0 Å². The summed E-state index contributed by atoms with van der Waals surface area (Å²) in [5.74, 6) is 1.59. The van der Waals surface area contributed by atoms with Crippen molar-refractivity contribution in [2.75, 3.05) is 13.1 Å². The van der Waals surface area contributed by atoms with Gasteiger partial charge in [-0.3, -0.25) is 0 Å². The first-order chi connectivity index (χ1) is 9.73. The van der Waals surface area contributed by atoms with Crippen molar-refractivity contribution in [3.63, 3.8) is 0 Å². The molecule has 0 radical (unpaired) electrons. The number of aryl methyl sites for hydroxylation is 1. The van der Waals surface area contributed by atoms with E-state index in [1.165, 1.54) is 11.1 Å². The molecular weight excluding hydrogens is 250 g/mol. The zero-order chi connectivity index (χ0) is 14.0. The average molecular weight is 271 g/mol. The molecule has 0 amide bonds. The van der Waals surface area contributed by atoms with E-state index in [2.05, 4.69) is 53.6 Å². The minimum atomic E-state index is 0.0387. The van der Waals surface area contributed by atoms with Gasteiger partial charge in [0.2, 0.25) is 5.89 Å². The average Bonchev–Trinajstić information content (AvgIpc) is 3.11. The van der Waals surface area contributed by atoms with Crippen LogP contribution in [-0.2, 0) is 11.8 Å². The lowest BCUT2D eigenvalue weighted by Crippen LogP contribution is -2.28. The van der Waals surface area contributed by atoms with Gasteiger partial charge in [-0.2, -0.15) is 4.98 Å². The highest BCUT2D eigenvalue weighted by Crippen LogP contribution is 2.32. The lowest BCUT2D eigenvalue weighted by molar-refractivity contribution is 0.283. The molecule has 0 spiro atoms. The first-order valence-corrected chi connectivity index (χ1v) is 7.32. The molecule has 20 heavy (non-hydrogen) atoms. The van der Waals surface area contributed by atoms with Gasteiger partial charge in [-0.25, -0.2) is 0 Å². The van der Waals surface area contributed by atoms with E-state index in [9.17, 15) is 0 Å². The van der Waals surface area contributed by atoms with Crippen molar-refractivity contribution in [2.24, 2.45) is 0 Å². The highest BCUT2D eigenvalue weighted by atomic mass is 16.5. The van der Waals surface area contributed by atoms with Gasteiger partial charge in [0.1, 0.15) is 0 Å². The molecule has 1 unspecified atom stereocenters. The van der Waals surface area contributed by atoms with Crippen LogP contribution in [0.25, 0.3) is 0 Å². The fourth-order valence-electron chi connectivity index (χ4n) is 2.90. The number of hydrogen-bond acceptors (Lipinski definition) is 4. The third-order valence-corrected chi connectivity index (χ3v) is 4.45. The van der Waals surface area contributed by atoms with E-state index in [0.29, 0.717) is 0 Å². The number of rotatable bonds is 4. The van der Waals surface area contributed by atoms with Crippen LogP contribution in [0.4, 0.5) is 0 Å². The second kappa shape index (κ2) is 5.37. The first kappa shape index (κ1) is 13.3. The maximum atomic E-state index is 5.55. The van der Waals surface area contributed by atoms with Crippen LogP contribution in [0.5, 0.6) is 0 Å². The summed E-state index contributed by atoms with van der Waals surface area (Å²) in [6, 6.07) is 8.34. The highest BCUT2D eigenvalue weighted by Gasteiger charge is 2.39. The Balaban J connectivity index is 1.82. The Kier molecular flexibility index (Phi) is 3.57. The normalized spacial score (nSPS) is 22.3. The minimum absolute atomic E-state index is 0.0387. The van der Waals surface area contributed by atoms with Crippen LogP contribution < -0.4 is 5.32 Å². The quantitative estimate of drug-likeness (QED) is 0.928. The Morgan fingerprint density at radius 2 is 2.20 bits per heavy atom. The summed E-state index contributed by atoms with van der Waals surface area (Å²) in [5.41, 5.74) is 2.57. The van der Waals surface area contributed by atoms with Gasteiger partial charge in [-0.15, -0.1) is 0 Å². The van der Waals surface area contributed by atoms with E-state index in [-0.39, 0.29) is 5.41 Å². The summed E-state index contributed by atoms with van der Waals surface area (Å²) < 4.78 is 5.55. The maximum absolute atomic E-state index is 5.55. The lowest BCUT2D eigenvalue weighted by atomic mass is 9.84. The third-order valence-electron chi connectivity index (χ3n) is 4.45. The van der Waals surface area contributed by atoms with Gasteiger partial charge in [-0.1, -0.05) is 36.3 Å². The molecular formula is C16H21N3O. The zero-order valence-electron chi connectivity index (χ0n) is 12.1. The van der Waals surface area contributed by atoms with Crippen LogP contribution >= 0.6 is 0 Å². The van der Waals surface area contributed by atoms with Crippen LogP contribution in [0.3, 0.4) is 0 Å². The van der Waals surface area contributed by atoms with E-state index in [4.69, 9.17) is 4.52 Å². The van der Waals surface area contributed by atoms with Crippen molar-refractivity contribution in [1.82, 2.24) is 15.5 Å². The smallest absolute Gasteiger partial charge is 0.234 e. The Morgan fingerprint density at radius 3 is 2.90 bits per heavy atom. The number of nitrogens with zero attached hydrogens (tertiary/aromatic N) is 2. The Morgan fingerprint density at radius 1 is 1.35 bits per heavy atom. The SMILES string of the molecule is CCC1(c2nc(Cc3ccccc3C)no2)CCNC1. The molecule has 4 nitrogen and oxygen atoms in total. The van der Waals surface area contributed by atoms with Crippen LogP contribution in [0, 0.1) is 6.92 Å². The molecule has 2 heterocycles. The molecule has 106 valence electrons. The van der Waals surface area contributed by atoms with E-state index in [1.54, 1.807) is 0 Å². The topological polar surface area (TPSA) is 51.0 Å². The Hall–Kier alpha value is -1.68. The van der Waals surface area contributed by atoms with Gasteiger partial charge < -0.3 is 9.84 Å². The zero-order valence-corrected chi connectivity index (χ0v) is 12.1. The third kappa shape index (κ3) is 2.36. The van der Waals surface area contributed by atoms with Crippen LogP contribution in [-0.4, -0.2) is 23.2 Å². The molecule has 3 rings (SSSR count). The van der Waals surface area contributed by atoms with Crippen molar-refractivity contribution in [2.45, 2.75) is 38.5 Å². The van der Waals surface area contributed by atoms with E-state index in [1.807, 2.05) is 0 Å². The number of benzene rings is 1. The van der Waals surface area contributed by atoms with Gasteiger partial charge in [0.25, 0.3) is 0 Å². The molecule has 0 bridgehead atoms. The second-order valence-electron chi connectivity index (χ2n) is 5.68. The van der Waals surface area contributed by atoms with E-state index < -0.39 is 0 Å². The maximum Gasteiger partial charge on any atom is 0.234 e. The van der Waals surface area contributed by atoms with Crippen molar-refractivity contribution >= 4 is 0 Å². The molecule has 0 aliphatic carbocycles. The molecule has 4 heteroatoms. The van der Waals surface area contributed by atoms with E-state index >= 15 is 0 Å². The number of aromatic nitrogens is 2. The molecule has 1 saturated heterocycles. The van der Waals surface area contributed by atoms with Gasteiger partial charge in [0.05, 0.1) is 5.41 Å². The number of hydrogen-bond donors (Lipinski definition) is 1. The molecule has 1 aliphatic rings. The summed E-state index contributed by atoms with van der Waals surface area (Å²) >= 11 is 0. The van der Waals surface area contributed by atoms with E-state index in [0.717, 1.165) is 44.1 Å². The molecule has 0 saturated carbocycles. The van der Waals surface area contributed by atoms with Crippen molar-refractivity contribution < 1.29 is 4.52 Å². The van der Waals surface area contributed by atoms with Gasteiger partial charge in [0, 0.05) is 13.0 Å². The fraction of sp³-hybridized carbons (Fsp3) is 0.500. The summed E-state index contributed by atoms with van der Waals surface area (Å²) in [7, 11) is 0. The molecule has 1 N–H and O–H groups in total. The summed E-state index contributed by atoms with van der Waals surface area (Å²) in [6.45, 7) is 6.28. The van der Waals surface area contributed by atoms with Crippen LogP contribution in [0.2, 0.25) is 0 Å². The predicted octanol–water partition coefficient (Wildman–Crippen LogP) is 2.61. The molecule has 1 aliphatic heterocycles. The van der Waals surface area contributed by atoms with Crippen LogP contribution in [0.15, 0.2) is 28.8 Å². The lowest BCUT2D eigenvalue weighted by Gasteiger charge is -2.20. The van der Waals surface area contributed by atoms with Crippen LogP contribution in [0.1, 0.15) is 42.6 Å². The molecule has 1 atom stereocenters. The first-order valence-electron chi connectivity index (χ1n) is 7.32. The number of nitrogens with one attached hydrogen (secondary N) is 1. The minimum Gasteiger partial charge on any atom is -0.339 e. The van der Waals surface area contributed by atoms with Crippen molar-refractivity contribution in [1.29, 1.82) is 0 Å².